The number of ether oxygens (including phenoxy) is 1. The molecule has 2 aliphatic heterocycles. The molecule has 1 saturated heterocycles. The van der Waals surface area contributed by atoms with Crippen LogP contribution < -0.4 is 10.2 Å². The molecule has 0 aromatic heterocycles. The number of guanidine groups is 1. The topological polar surface area (TPSA) is 57.2 Å². The number of benzene rings is 1. The zero-order chi connectivity index (χ0) is 18.4. The van der Waals surface area contributed by atoms with Gasteiger partial charge in [0, 0.05) is 58.4 Å². The average Bonchev–Trinajstić information content (AvgIpc) is 3.29. The number of nitrogens with zero attached hydrogens (tertiary/aromatic N) is 3. The Morgan fingerprint density at radius 3 is 2.93 bits per heavy atom. The molecular formula is C20H31IN4O2. The minimum absolute atomic E-state index is 0. The van der Waals surface area contributed by atoms with Crippen molar-refractivity contribution < 1.29 is 9.53 Å². The Labute approximate surface area is 179 Å². The number of anilines is 1. The normalized spacial score (nSPS) is 19.0. The Bertz CT molecular complexity index is 653. The number of nitrogens with one attached hydrogen (secondary N) is 1. The fourth-order valence-electron chi connectivity index (χ4n) is 3.90. The third-order valence-electron chi connectivity index (χ3n) is 5.24. The van der Waals surface area contributed by atoms with Crippen molar-refractivity contribution in [3.05, 3.63) is 29.8 Å². The molecule has 27 heavy (non-hydrogen) atoms. The van der Waals surface area contributed by atoms with Crippen LogP contribution in [0.15, 0.2) is 29.3 Å². The first kappa shape index (κ1) is 21.9. The number of rotatable bonds is 6. The number of carbonyl (C=O) groups is 1. The van der Waals surface area contributed by atoms with E-state index in [4.69, 9.17) is 4.74 Å². The first-order valence-electron chi connectivity index (χ1n) is 9.55. The van der Waals surface area contributed by atoms with E-state index in [1.165, 1.54) is 5.56 Å². The quantitative estimate of drug-likeness (QED) is 0.291. The molecule has 1 N–H and O–H groups in total. The van der Waals surface area contributed by atoms with Crippen molar-refractivity contribution in [1.82, 2.24) is 10.2 Å². The molecule has 3 rings (SSSR count). The molecule has 1 amide bonds. The van der Waals surface area contributed by atoms with Gasteiger partial charge >= 0.3 is 0 Å². The summed E-state index contributed by atoms with van der Waals surface area (Å²) in [5.41, 5.74) is 2.36. The predicted molar refractivity (Wildman–Crippen MR) is 120 cm³/mol. The Kier molecular flexibility index (Phi) is 8.82. The zero-order valence-corrected chi connectivity index (χ0v) is 18.6. The molecule has 1 aromatic carbocycles. The Balaban J connectivity index is 0.00000261. The molecule has 1 atom stereocenters. The molecule has 2 heterocycles. The van der Waals surface area contributed by atoms with Crippen LogP contribution >= 0.6 is 24.0 Å². The van der Waals surface area contributed by atoms with Crippen LogP contribution in [0.4, 0.5) is 5.69 Å². The van der Waals surface area contributed by atoms with Crippen molar-refractivity contribution in [1.29, 1.82) is 0 Å². The van der Waals surface area contributed by atoms with Crippen molar-refractivity contribution in [2.45, 2.75) is 25.7 Å². The second-order valence-corrected chi connectivity index (χ2v) is 7.06. The van der Waals surface area contributed by atoms with Gasteiger partial charge in [-0.05, 0) is 30.9 Å². The van der Waals surface area contributed by atoms with E-state index in [0.717, 1.165) is 63.7 Å². The van der Waals surface area contributed by atoms with Gasteiger partial charge in [0.25, 0.3) is 0 Å². The van der Waals surface area contributed by atoms with Gasteiger partial charge < -0.3 is 19.9 Å². The number of hydrogen-bond donors (Lipinski definition) is 1. The Morgan fingerprint density at radius 1 is 1.33 bits per heavy atom. The molecule has 150 valence electrons. The molecular weight excluding hydrogens is 455 g/mol. The number of para-hydroxylation sites is 1. The highest BCUT2D eigenvalue weighted by Crippen LogP contribution is 2.28. The molecule has 6 nitrogen and oxygen atoms in total. The monoisotopic (exact) mass is 486 g/mol. The van der Waals surface area contributed by atoms with E-state index >= 15 is 0 Å². The maximum atomic E-state index is 12.5. The summed E-state index contributed by atoms with van der Waals surface area (Å²) in [6.45, 7) is 4.37. The molecule has 1 fully saturated rings. The van der Waals surface area contributed by atoms with Gasteiger partial charge in [-0.3, -0.25) is 9.79 Å². The van der Waals surface area contributed by atoms with E-state index in [1.807, 2.05) is 30.1 Å². The lowest BCUT2D eigenvalue weighted by atomic mass is 10.1. The molecule has 0 spiro atoms. The molecule has 7 heteroatoms. The summed E-state index contributed by atoms with van der Waals surface area (Å²) in [5, 5.41) is 3.40. The zero-order valence-electron chi connectivity index (χ0n) is 16.3. The SMILES string of the molecule is CN=C(NCCCC(=O)N1CCc2ccccc21)N1CCC(COC)C1.I. The molecule has 2 aliphatic rings. The van der Waals surface area contributed by atoms with Crippen LogP contribution in [0.2, 0.25) is 0 Å². The number of methoxy groups -OCH3 is 1. The first-order chi connectivity index (χ1) is 12.7. The summed E-state index contributed by atoms with van der Waals surface area (Å²) < 4.78 is 5.26. The molecule has 0 radical (unpaired) electrons. The summed E-state index contributed by atoms with van der Waals surface area (Å²) in [6, 6.07) is 8.20. The van der Waals surface area contributed by atoms with Crippen molar-refractivity contribution in [3.8, 4) is 0 Å². The standard InChI is InChI=1S/C20H30N4O2.HI/c1-21-20(23-12-9-16(14-23)15-26-2)22-11-5-8-19(25)24-13-10-17-6-3-4-7-18(17)24;/h3-4,6-7,16H,5,8-15H2,1-2H3,(H,21,22);1H. The van der Waals surface area contributed by atoms with Gasteiger partial charge in [-0.15, -0.1) is 24.0 Å². The van der Waals surface area contributed by atoms with Gasteiger partial charge in [-0.25, -0.2) is 0 Å². The lowest BCUT2D eigenvalue weighted by molar-refractivity contribution is -0.118. The Hall–Kier alpha value is -1.35. The van der Waals surface area contributed by atoms with Gasteiger partial charge in [-0.1, -0.05) is 18.2 Å². The summed E-state index contributed by atoms with van der Waals surface area (Å²) in [7, 11) is 3.57. The minimum atomic E-state index is 0. The summed E-state index contributed by atoms with van der Waals surface area (Å²) >= 11 is 0. The van der Waals surface area contributed by atoms with E-state index < -0.39 is 0 Å². The maximum absolute atomic E-state index is 12.5. The van der Waals surface area contributed by atoms with E-state index in [-0.39, 0.29) is 29.9 Å². The van der Waals surface area contributed by atoms with Gasteiger partial charge in [0.1, 0.15) is 0 Å². The molecule has 0 saturated carbocycles. The average molecular weight is 486 g/mol. The van der Waals surface area contributed by atoms with Crippen molar-refractivity contribution in [2.75, 3.05) is 51.8 Å². The predicted octanol–water partition coefficient (Wildman–Crippen LogP) is 2.52. The molecule has 1 unspecified atom stereocenters. The van der Waals surface area contributed by atoms with Gasteiger partial charge in [0.2, 0.25) is 5.91 Å². The third-order valence-corrected chi connectivity index (χ3v) is 5.24. The summed E-state index contributed by atoms with van der Waals surface area (Å²) in [4.78, 5) is 21.1. The number of halogens is 1. The number of hydrogen-bond acceptors (Lipinski definition) is 3. The highest BCUT2D eigenvalue weighted by molar-refractivity contribution is 14.0. The van der Waals surface area contributed by atoms with Gasteiger partial charge in [0.05, 0.1) is 6.61 Å². The lowest BCUT2D eigenvalue weighted by Crippen LogP contribution is -2.41. The van der Waals surface area contributed by atoms with Crippen molar-refractivity contribution in [3.63, 3.8) is 0 Å². The van der Waals surface area contributed by atoms with Crippen LogP contribution in [0.25, 0.3) is 0 Å². The largest absolute Gasteiger partial charge is 0.384 e. The second kappa shape index (κ2) is 10.8. The summed E-state index contributed by atoms with van der Waals surface area (Å²) in [6.07, 6.45) is 3.47. The summed E-state index contributed by atoms with van der Waals surface area (Å²) in [5.74, 6) is 1.73. The van der Waals surface area contributed by atoms with E-state index in [9.17, 15) is 4.79 Å². The molecule has 0 bridgehead atoms. The van der Waals surface area contributed by atoms with Gasteiger partial charge in [-0.2, -0.15) is 0 Å². The Morgan fingerprint density at radius 2 is 2.15 bits per heavy atom. The second-order valence-electron chi connectivity index (χ2n) is 7.06. The fourth-order valence-corrected chi connectivity index (χ4v) is 3.90. The first-order valence-corrected chi connectivity index (χ1v) is 9.55. The molecule has 0 aliphatic carbocycles. The third kappa shape index (κ3) is 5.57. The highest BCUT2D eigenvalue weighted by Gasteiger charge is 2.25. The van der Waals surface area contributed by atoms with Crippen molar-refractivity contribution >= 4 is 41.5 Å². The number of fused-ring (bicyclic) bond motifs is 1. The number of carbonyl (C=O) groups excluding carboxylic acids is 1. The minimum Gasteiger partial charge on any atom is -0.384 e. The number of likely N-dealkylation sites (tertiary alicyclic amines) is 1. The van der Waals surface area contributed by atoms with Crippen LogP contribution in [0.1, 0.15) is 24.8 Å². The number of amides is 1. The molecule has 1 aromatic rings. The number of aliphatic imine (C=N–C) groups is 1. The van der Waals surface area contributed by atoms with Crippen LogP contribution in [-0.2, 0) is 16.0 Å². The van der Waals surface area contributed by atoms with Crippen molar-refractivity contribution in [2.24, 2.45) is 10.9 Å². The van der Waals surface area contributed by atoms with Crippen LogP contribution in [0, 0.1) is 5.92 Å². The smallest absolute Gasteiger partial charge is 0.227 e. The van der Waals surface area contributed by atoms with E-state index in [1.54, 1.807) is 7.11 Å². The fraction of sp³-hybridized carbons (Fsp3) is 0.600. The van der Waals surface area contributed by atoms with Crippen LogP contribution in [0.5, 0.6) is 0 Å². The lowest BCUT2D eigenvalue weighted by Gasteiger charge is -2.22. The van der Waals surface area contributed by atoms with Crippen LogP contribution in [0.3, 0.4) is 0 Å². The van der Waals surface area contributed by atoms with E-state index in [0.29, 0.717) is 12.3 Å². The van der Waals surface area contributed by atoms with E-state index in [2.05, 4.69) is 21.3 Å². The highest BCUT2D eigenvalue weighted by atomic mass is 127. The van der Waals surface area contributed by atoms with Crippen LogP contribution in [-0.4, -0.2) is 63.7 Å². The maximum Gasteiger partial charge on any atom is 0.227 e. The van der Waals surface area contributed by atoms with Gasteiger partial charge in [0.15, 0.2) is 5.96 Å².